The summed E-state index contributed by atoms with van der Waals surface area (Å²) in [6.07, 6.45) is 16.8. The predicted molar refractivity (Wildman–Crippen MR) is 233 cm³/mol. The number of amides is 1. The van der Waals surface area contributed by atoms with Gasteiger partial charge in [-0.2, -0.15) is 0 Å². The first kappa shape index (κ1) is 45.5. The van der Waals surface area contributed by atoms with Crippen molar-refractivity contribution < 1.29 is 43.9 Å². The number of rotatable bonds is 26. The Bertz CT molecular complexity index is 1730. The van der Waals surface area contributed by atoms with Gasteiger partial charge in [-0.1, -0.05) is 98.8 Å². The number of oxime groups is 1. The number of allylic oxidation sites excluding steroid dienone is 1. The van der Waals surface area contributed by atoms with Crippen LogP contribution < -0.4 is 9.47 Å². The van der Waals surface area contributed by atoms with Crippen molar-refractivity contribution in [3.05, 3.63) is 96.6 Å². The topological polar surface area (TPSA) is 140 Å². The molecule has 60 heavy (non-hydrogen) atoms. The Morgan fingerprint density at radius 3 is 2.42 bits per heavy atom. The summed E-state index contributed by atoms with van der Waals surface area (Å²) in [6.45, 7) is 9.51. The zero-order valence-corrected chi connectivity index (χ0v) is 35.5. The number of hydrogen-bond acceptors (Lipinski definition) is 10. The van der Waals surface area contributed by atoms with E-state index in [0.29, 0.717) is 49.7 Å². The molecule has 11 heteroatoms. The van der Waals surface area contributed by atoms with Crippen LogP contribution in [0.3, 0.4) is 0 Å². The normalized spacial score (nSPS) is 25.1. The zero-order chi connectivity index (χ0) is 42.2. The summed E-state index contributed by atoms with van der Waals surface area (Å²) in [5.41, 5.74) is 3.73. The smallest absolute Gasteiger partial charge is 0.239 e. The van der Waals surface area contributed by atoms with E-state index in [1.807, 2.05) is 47.4 Å². The molecule has 1 amide bonds. The molecule has 2 aromatic rings. The molecule has 6 atom stereocenters. The molecule has 11 nitrogen and oxygen atoms in total. The number of carbonyl (C=O) groups excluding carboxylic acids is 1. The van der Waals surface area contributed by atoms with Crippen LogP contribution in [-0.4, -0.2) is 96.5 Å². The number of unbranched alkanes of at least 4 members (excludes halogenated alkanes) is 2. The Morgan fingerprint density at radius 1 is 0.917 bits per heavy atom. The quantitative estimate of drug-likeness (QED) is 0.0491. The molecule has 2 saturated carbocycles. The highest BCUT2D eigenvalue weighted by Crippen LogP contribution is 2.62. The first-order chi connectivity index (χ1) is 29.5. The Balaban J connectivity index is 1.54. The fraction of sp³-hybridized carbons (Fsp3) is 0.592. The Kier molecular flexibility index (Phi) is 17.7. The van der Waals surface area contributed by atoms with E-state index in [1.54, 1.807) is 12.2 Å². The number of fused-ring (bicyclic) bond motifs is 2. The second-order valence-electron chi connectivity index (χ2n) is 16.7. The van der Waals surface area contributed by atoms with Gasteiger partial charge in [-0.25, -0.2) is 0 Å². The summed E-state index contributed by atoms with van der Waals surface area (Å²) in [6, 6.07) is 15.3. The lowest BCUT2D eigenvalue weighted by Crippen LogP contribution is -2.70. The van der Waals surface area contributed by atoms with E-state index in [9.17, 15) is 20.1 Å². The third-order valence-corrected chi connectivity index (χ3v) is 12.9. The number of ether oxygens (including phenoxy) is 4. The number of hydrogen-bond donors (Lipinski definition) is 3. The van der Waals surface area contributed by atoms with Crippen LogP contribution in [0.4, 0.5) is 0 Å². The minimum absolute atomic E-state index is 0.00867. The zero-order valence-electron chi connectivity index (χ0n) is 35.5. The van der Waals surface area contributed by atoms with Gasteiger partial charge < -0.3 is 44.0 Å². The number of aliphatic hydroxyl groups excluding tert-OH is 3. The minimum Gasteiger partial charge on any atom is -0.490 e. The van der Waals surface area contributed by atoms with Gasteiger partial charge in [0.1, 0.15) is 30.8 Å². The highest BCUT2D eigenvalue weighted by atomic mass is 16.7. The predicted octanol–water partition coefficient (Wildman–Crippen LogP) is 7.89. The summed E-state index contributed by atoms with van der Waals surface area (Å²) in [5.74, 6) is 0.181. The van der Waals surface area contributed by atoms with Crippen molar-refractivity contribution in [2.24, 2.45) is 28.8 Å². The lowest BCUT2D eigenvalue weighted by molar-refractivity contribution is -0.258. The molecule has 3 aliphatic carbocycles. The van der Waals surface area contributed by atoms with E-state index in [0.717, 1.165) is 67.4 Å². The lowest BCUT2D eigenvalue weighted by Gasteiger charge is -2.60. The second kappa shape index (κ2) is 23.3. The molecule has 6 unspecified atom stereocenters. The van der Waals surface area contributed by atoms with Gasteiger partial charge >= 0.3 is 0 Å². The van der Waals surface area contributed by atoms with Gasteiger partial charge in [0.2, 0.25) is 11.7 Å². The molecule has 2 aromatic carbocycles. The van der Waals surface area contributed by atoms with Gasteiger partial charge in [0.25, 0.3) is 0 Å². The van der Waals surface area contributed by atoms with E-state index in [4.69, 9.17) is 28.9 Å². The van der Waals surface area contributed by atoms with E-state index in [-0.39, 0.29) is 76.5 Å². The SMILES string of the molecule is C=CCOc1ccc2c(c1)C1C(CCCCO)C(CCCCO)C=C3C(=NOCc4ccccc4)CC(N(CCOCCO)C(=O)CCC4CCCC4)C(OCC=C)(O2)C31. The van der Waals surface area contributed by atoms with Gasteiger partial charge in [-0.15, -0.1) is 6.58 Å². The monoisotopic (exact) mass is 828 g/mol. The Morgan fingerprint density at radius 2 is 1.68 bits per heavy atom. The molecule has 0 radical (unpaired) electrons. The van der Waals surface area contributed by atoms with Crippen LogP contribution in [0.15, 0.2) is 90.6 Å². The van der Waals surface area contributed by atoms with Crippen LogP contribution in [0.25, 0.3) is 0 Å². The highest BCUT2D eigenvalue weighted by Gasteiger charge is 2.65. The van der Waals surface area contributed by atoms with E-state index < -0.39 is 17.7 Å². The van der Waals surface area contributed by atoms with Crippen molar-refractivity contribution in [1.82, 2.24) is 4.90 Å². The van der Waals surface area contributed by atoms with Crippen molar-refractivity contribution in [2.75, 3.05) is 52.8 Å². The highest BCUT2D eigenvalue weighted by molar-refractivity contribution is 6.03. The molecular formula is C49H68N2O9. The van der Waals surface area contributed by atoms with Crippen LogP contribution in [-0.2, 0) is 25.7 Å². The van der Waals surface area contributed by atoms with E-state index >= 15 is 0 Å². The van der Waals surface area contributed by atoms with E-state index in [1.165, 1.54) is 12.8 Å². The van der Waals surface area contributed by atoms with Crippen molar-refractivity contribution in [3.8, 4) is 11.5 Å². The van der Waals surface area contributed by atoms with Crippen LogP contribution in [0.5, 0.6) is 11.5 Å². The summed E-state index contributed by atoms with van der Waals surface area (Å²) in [4.78, 5) is 23.0. The number of nitrogens with zero attached hydrogens (tertiary/aromatic N) is 2. The molecular weight excluding hydrogens is 761 g/mol. The summed E-state index contributed by atoms with van der Waals surface area (Å²) < 4.78 is 26.5. The average Bonchev–Trinajstić information content (AvgIpc) is 3.80. The molecule has 2 fully saturated rings. The number of benzene rings is 2. The van der Waals surface area contributed by atoms with Gasteiger partial charge in [0.05, 0.1) is 38.1 Å². The van der Waals surface area contributed by atoms with Crippen LogP contribution >= 0.6 is 0 Å². The Labute approximate surface area is 357 Å². The van der Waals surface area contributed by atoms with Gasteiger partial charge in [-0.3, -0.25) is 4.79 Å². The molecule has 1 aliphatic heterocycles. The third kappa shape index (κ3) is 11.1. The van der Waals surface area contributed by atoms with Crippen LogP contribution in [0.1, 0.15) is 101 Å². The average molecular weight is 829 g/mol. The maximum Gasteiger partial charge on any atom is 0.239 e. The maximum absolute atomic E-state index is 14.9. The molecule has 3 N–H and O–H groups in total. The molecule has 4 aliphatic rings. The molecule has 1 heterocycles. The van der Waals surface area contributed by atoms with Gasteiger partial charge in [0.15, 0.2) is 0 Å². The van der Waals surface area contributed by atoms with Gasteiger partial charge in [-0.05, 0) is 79.2 Å². The van der Waals surface area contributed by atoms with Crippen LogP contribution in [0.2, 0.25) is 0 Å². The van der Waals surface area contributed by atoms with Crippen molar-refractivity contribution >= 4 is 11.6 Å². The number of aliphatic hydroxyl groups is 3. The van der Waals surface area contributed by atoms with Gasteiger partial charge in [0, 0.05) is 44.1 Å². The van der Waals surface area contributed by atoms with Crippen molar-refractivity contribution in [2.45, 2.75) is 108 Å². The largest absolute Gasteiger partial charge is 0.490 e. The summed E-state index contributed by atoms with van der Waals surface area (Å²) >= 11 is 0. The molecule has 328 valence electrons. The molecule has 0 spiro atoms. The molecule has 0 aromatic heterocycles. The van der Waals surface area contributed by atoms with E-state index in [2.05, 4.69) is 25.3 Å². The first-order valence-corrected chi connectivity index (χ1v) is 22.4. The minimum atomic E-state index is -1.36. The standard InChI is InChI=1S/C49H68N2O9/c1-3-28-57-39-21-22-44-42(33-39)47-40(19-11-13-26-53)38(18-10-12-25-52)32-41-43(50-59-35-37-16-6-5-7-17-37)34-45(49(60-44,48(41)47)58-29-4-2)51(24-30-56-31-27-54)46(55)23-20-36-14-8-9-15-36/h3-7,16-17,21-22,32-33,36,38,40,45,47-48,52-54H,1-2,8-15,18-20,23-31,34-35H2. The van der Waals surface area contributed by atoms with Crippen molar-refractivity contribution in [3.63, 3.8) is 0 Å². The van der Waals surface area contributed by atoms with Crippen LogP contribution in [0, 0.1) is 23.7 Å². The third-order valence-electron chi connectivity index (χ3n) is 12.9. The fourth-order valence-corrected chi connectivity index (χ4v) is 10.2. The summed E-state index contributed by atoms with van der Waals surface area (Å²) in [7, 11) is 0. The fourth-order valence-electron chi connectivity index (χ4n) is 10.2. The summed E-state index contributed by atoms with van der Waals surface area (Å²) in [5, 5.41) is 34.4. The molecule has 0 saturated heterocycles. The lowest BCUT2D eigenvalue weighted by atomic mass is 9.55. The Hall–Kier alpha value is -4.00. The van der Waals surface area contributed by atoms with Crippen molar-refractivity contribution in [1.29, 1.82) is 0 Å². The molecule has 6 rings (SSSR count). The second-order valence-corrected chi connectivity index (χ2v) is 16.7. The first-order valence-electron chi connectivity index (χ1n) is 22.4. The maximum atomic E-state index is 14.9. The number of carbonyl (C=O) groups is 1. The molecule has 0 bridgehead atoms.